The number of hydrogen-bond acceptors (Lipinski definition) is 4. The molecule has 0 saturated carbocycles. The van der Waals surface area contributed by atoms with Crippen LogP contribution in [0.3, 0.4) is 0 Å². The van der Waals surface area contributed by atoms with E-state index in [9.17, 15) is 9.90 Å². The molecule has 1 amide bonds. The normalized spacial score (nSPS) is 12.9. The average molecular weight is 217 g/mol. The maximum Gasteiger partial charge on any atom is 0.233 e. The van der Waals surface area contributed by atoms with E-state index < -0.39 is 6.10 Å². The zero-order chi connectivity index (χ0) is 11.7. The van der Waals surface area contributed by atoms with Crippen molar-refractivity contribution in [3.8, 4) is 0 Å². The van der Waals surface area contributed by atoms with Crippen LogP contribution in [0.25, 0.3) is 0 Å². The molecule has 0 aliphatic heterocycles. The van der Waals surface area contributed by atoms with Gasteiger partial charge in [0.1, 0.15) is 0 Å². The van der Waals surface area contributed by atoms with Gasteiger partial charge < -0.3 is 20.6 Å². The van der Waals surface area contributed by atoms with E-state index in [2.05, 4.69) is 29.4 Å². The summed E-state index contributed by atoms with van der Waals surface area (Å²) in [6.45, 7) is 7.35. The van der Waals surface area contributed by atoms with Gasteiger partial charge in [-0.1, -0.05) is 13.8 Å². The monoisotopic (exact) mass is 217 g/mol. The summed E-state index contributed by atoms with van der Waals surface area (Å²) in [5.41, 5.74) is 0. The molecule has 3 N–H and O–H groups in total. The van der Waals surface area contributed by atoms with Crippen molar-refractivity contribution in [3.05, 3.63) is 0 Å². The van der Waals surface area contributed by atoms with Gasteiger partial charge in [0.25, 0.3) is 0 Å². The van der Waals surface area contributed by atoms with Crippen LogP contribution >= 0.6 is 0 Å². The minimum absolute atomic E-state index is 0.0648. The summed E-state index contributed by atoms with van der Waals surface area (Å²) < 4.78 is 0. The van der Waals surface area contributed by atoms with Crippen molar-refractivity contribution in [3.63, 3.8) is 0 Å². The van der Waals surface area contributed by atoms with Crippen molar-refractivity contribution in [2.24, 2.45) is 0 Å². The van der Waals surface area contributed by atoms with E-state index in [-0.39, 0.29) is 12.5 Å². The van der Waals surface area contributed by atoms with Gasteiger partial charge in [-0.15, -0.1) is 0 Å². The Bertz CT molecular complexity index is 172. The maximum atomic E-state index is 10.9. The number of carbonyl (C=O) groups excluding carboxylic acids is 1. The Morgan fingerprint density at radius 2 is 2.00 bits per heavy atom. The topological polar surface area (TPSA) is 64.6 Å². The number of likely N-dealkylation sites (N-methyl/N-ethyl adjacent to an activating group) is 2. The van der Waals surface area contributed by atoms with Gasteiger partial charge in [-0.25, -0.2) is 0 Å². The lowest BCUT2D eigenvalue weighted by Crippen LogP contribution is -2.41. The molecule has 0 bridgehead atoms. The SMILES string of the molecule is CCN(CC)CC(O)CNCC(=O)NC. The van der Waals surface area contributed by atoms with E-state index in [1.807, 2.05) is 0 Å². The van der Waals surface area contributed by atoms with Crippen LogP contribution in [0.4, 0.5) is 0 Å². The van der Waals surface area contributed by atoms with Crippen LogP contribution in [0.2, 0.25) is 0 Å². The van der Waals surface area contributed by atoms with Crippen LogP contribution in [0.1, 0.15) is 13.8 Å². The number of amides is 1. The molecule has 5 nitrogen and oxygen atoms in total. The fraction of sp³-hybridized carbons (Fsp3) is 0.900. The number of aliphatic hydroxyl groups excluding tert-OH is 1. The second-order valence-corrected chi connectivity index (χ2v) is 3.44. The summed E-state index contributed by atoms with van der Waals surface area (Å²) in [5, 5.41) is 15.0. The largest absolute Gasteiger partial charge is 0.390 e. The van der Waals surface area contributed by atoms with Crippen molar-refractivity contribution >= 4 is 5.91 Å². The van der Waals surface area contributed by atoms with Crippen molar-refractivity contribution in [2.75, 3.05) is 39.8 Å². The molecule has 1 atom stereocenters. The fourth-order valence-corrected chi connectivity index (χ4v) is 1.29. The van der Waals surface area contributed by atoms with Gasteiger partial charge in [0.2, 0.25) is 5.91 Å². The molecule has 0 aromatic heterocycles. The van der Waals surface area contributed by atoms with E-state index in [1.54, 1.807) is 7.05 Å². The molecular weight excluding hydrogens is 194 g/mol. The Kier molecular flexibility index (Phi) is 8.27. The van der Waals surface area contributed by atoms with Crippen molar-refractivity contribution < 1.29 is 9.90 Å². The Labute approximate surface area is 91.8 Å². The Morgan fingerprint density at radius 3 is 2.47 bits per heavy atom. The van der Waals surface area contributed by atoms with Crippen LogP contribution < -0.4 is 10.6 Å². The predicted octanol–water partition coefficient (Wildman–Crippen LogP) is -0.975. The first kappa shape index (κ1) is 14.3. The zero-order valence-electron chi connectivity index (χ0n) is 9.92. The minimum Gasteiger partial charge on any atom is -0.390 e. The highest BCUT2D eigenvalue weighted by molar-refractivity contribution is 5.77. The summed E-state index contributed by atoms with van der Waals surface area (Å²) in [6, 6.07) is 0. The van der Waals surface area contributed by atoms with Gasteiger partial charge >= 0.3 is 0 Å². The summed E-state index contributed by atoms with van der Waals surface area (Å²) >= 11 is 0. The lowest BCUT2D eigenvalue weighted by molar-refractivity contribution is -0.119. The molecule has 90 valence electrons. The fourth-order valence-electron chi connectivity index (χ4n) is 1.29. The van der Waals surface area contributed by atoms with Crippen molar-refractivity contribution in [1.29, 1.82) is 0 Å². The van der Waals surface area contributed by atoms with Gasteiger partial charge in [-0.05, 0) is 13.1 Å². The standard InChI is InChI=1S/C10H23N3O2/c1-4-13(5-2)8-9(14)6-12-7-10(15)11-3/h9,12,14H,4-8H2,1-3H3,(H,11,15). The molecule has 0 fully saturated rings. The smallest absolute Gasteiger partial charge is 0.233 e. The highest BCUT2D eigenvalue weighted by atomic mass is 16.3. The maximum absolute atomic E-state index is 10.9. The third-order valence-electron chi connectivity index (χ3n) is 2.31. The Morgan fingerprint density at radius 1 is 1.40 bits per heavy atom. The average Bonchev–Trinajstić information content (AvgIpc) is 2.25. The molecular formula is C10H23N3O2. The van der Waals surface area contributed by atoms with Crippen LogP contribution in [0.5, 0.6) is 0 Å². The summed E-state index contributed by atoms with van der Waals surface area (Å²) in [6.07, 6.45) is -0.422. The highest BCUT2D eigenvalue weighted by Crippen LogP contribution is 1.90. The lowest BCUT2D eigenvalue weighted by atomic mass is 10.3. The predicted molar refractivity (Wildman–Crippen MR) is 60.7 cm³/mol. The third kappa shape index (κ3) is 7.30. The third-order valence-corrected chi connectivity index (χ3v) is 2.31. The van der Waals surface area contributed by atoms with E-state index in [0.717, 1.165) is 13.1 Å². The van der Waals surface area contributed by atoms with Gasteiger partial charge in [-0.3, -0.25) is 4.79 Å². The summed E-state index contributed by atoms with van der Waals surface area (Å²) in [7, 11) is 1.59. The second-order valence-electron chi connectivity index (χ2n) is 3.44. The minimum atomic E-state index is -0.422. The van der Waals surface area contributed by atoms with E-state index >= 15 is 0 Å². The lowest BCUT2D eigenvalue weighted by Gasteiger charge is -2.21. The number of hydrogen-bond donors (Lipinski definition) is 3. The van der Waals surface area contributed by atoms with Crippen LogP contribution in [-0.2, 0) is 4.79 Å². The summed E-state index contributed by atoms with van der Waals surface area (Å²) in [4.78, 5) is 13.0. The molecule has 0 heterocycles. The molecule has 0 spiro atoms. The molecule has 0 aliphatic carbocycles. The summed E-state index contributed by atoms with van der Waals surface area (Å²) in [5.74, 6) is -0.0648. The second kappa shape index (κ2) is 8.64. The molecule has 0 radical (unpaired) electrons. The highest BCUT2D eigenvalue weighted by Gasteiger charge is 2.08. The zero-order valence-corrected chi connectivity index (χ0v) is 9.92. The first-order valence-corrected chi connectivity index (χ1v) is 5.45. The molecule has 0 aromatic rings. The Hall–Kier alpha value is -0.650. The molecule has 15 heavy (non-hydrogen) atoms. The van der Waals surface area contributed by atoms with E-state index in [1.165, 1.54) is 0 Å². The number of aliphatic hydroxyl groups is 1. The van der Waals surface area contributed by atoms with Gasteiger partial charge in [0, 0.05) is 20.1 Å². The van der Waals surface area contributed by atoms with Crippen LogP contribution in [0, 0.1) is 0 Å². The number of nitrogens with one attached hydrogen (secondary N) is 2. The van der Waals surface area contributed by atoms with Crippen LogP contribution in [0.15, 0.2) is 0 Å². The number of nitrogens with zero attached hydrogens (tertiary/aromatic N) is 1. The number of rotatable bonds is 8. The quantitative estimate of drug-likeness (QED) is 0.489. The number of carbonyl (C=O) groups is 1. The first-order valence-electron chi connectivity index (χ1n) is 5.45. The molecule has 0 aliphatic rings. The van der Waals surface area contributed by atoms with Crippen molar-refractivity contribution in [1.82, 2.24) is 15.5 Å². The van der Waals surface area contributed by atoms with Crippen LogP contribution in [-0.4, -0.2) is 61.8 Å². The molecule has 5 heteroatoms. The van der Waals surface area contributed by atoms with Crippen molar-refractivity contribution in [2.45, 2.75) is 20.0 Å². The molecule has 0 aromatic carbocycles. The van der Waals surface area contributed by atoms with Gasteiger partial charge in [0.05, 0.1) is 12.6 Å². The first-order chi connectivity index (χ1) is 7.13. The van der Waals surface area contributed by atoms with Gasteiger partial charge in [-0.2, -0.15) is 0 Å². The van der Waals surface area contributed by atoms with E-state index in [4.69, 9.17) is 0 Å². The van der Waals surface area contributed by atoms with E-state index in [0.29, 0.717) is 13.1 Å². The molecule has 0 rings (SSSR count). The Balaban J connectivity index is 3.56. The molecule has 0 saturated heterocycles. The molecule has 1 unspecified atom stereocenters. The van der Waals surface area contributed by atoms with Gasteiger partial charge in [0.15, 0.2) is 0 Å².